The van der Waals surface area contributed by atoms with E-state index in [1.807, 2.05) is 0 Å². The number of hydrogen-bond acceptors (Lipinski definition) is 2. The molecule has 0 bridgehead atoms. The minimum atomic E-state index is -0.323. The van der Waals surface area contributed by atoms with Crippen LogP contribution in [0.1, 0.15) is 5.56 Å². The van der Waals surface area contributed by atoms with Crippen LogP contribution in [0, 0.1) is 5.82 Å². The maximum Gasteiger partial charge on any atom is 0.133 e. The quantitative estimate of drug-likeness (QED) is 0.901. The molecule has 0 atom stereocenters. The normalized spacial score (nSPS) is 10.3. The standard InChI is InChI=1S/C13H10ClFO2/c14-10-1-6-13(9(7-10)8-16)17-12-4-2-11(15)3-5-12/h1-7,16H,8H2. The van der Waals surface area contributed by atoms with Gasteiger partial charge in [0.05, 0.1) is 6.61 Å². The van der Waals surface area contributed by atoms with Crippen molar-refractivity contribution in [3.63, 3.8) is 0 Å². The Morgan fingerprint density at radius 3 is 2.47 bits per heavy atom. The van der Waals surface area contributed by atoms with E-state index < -0.39 is 0 Å². The molecule has 0 spiro atoms. The Labute approximate surface area is 103 Å². The topological polar surface area (TPSA) is 29.5 Å². The molecule has 0 saturated carbocycles. The molecule has 2 aromatic rings. The first-order valence-corrected chi connectivity index (χ1v) is 5.39. The fraction of sp³-hybridized carbons (Fsp3) is 0.0769. The van der Waals surface area contributed by atoms with Crippen molar-refractivity contribution in [2.75, 3.05) is 0 Å². The van der Waals surface area contributed by atoms with Crippen molar-refractivity contribution >= 4 is 11.6 Å². The first kappa shape index (κ1) is 11.9. The summed E-state index contributed by atoms with van der Waals surface area (Å²) < 4.78 is 18.2. The van der Waals surface area contributed by atoms with Gasteiger partial charge in [0.15, 0.2) is 0 Å². The van der Waals surface area contributed by atoms with Crippen molar-refractivity contribution in [1.29, 1.82) is 0 Å². The Balaban J connectivity index is 2.26. The van der Waals surface area contributed by atoms with Gasteiger partial charge < -0.3 is 9.84 Å². The molecule has 2 aromatic carbocycles. The predicted octanol–water partition coefficient (Wildman–Crippen LogP) is 3.76. The van der Waals surface area contributed by atoms with Crippen LogP contribution in [0.5, 0.6) is 11.5 Å². The first-order chi connectivity index (χ1) is 8.19. The highest BCUT2D eigenvalue weighted by Gasteiger charge is 2.05. The van der Waals surface area contributed by atoms with Crippen molar-refractivity contribution in [1.82, 2.24) is 0 Å². The maximum absolute atomic E-state index is 12.7. The van der Waals surface area contributed by atoms with Crippen LogP contribution in [0.15, 0.2) is 42.5 Å². The van der Waals surface area contributed by atoms with Crippen LogP contribution in [-0.2, 0) is 6.61 Å². The molecule has 0 aromatic heterocycles. The summed E-state index contributed by atoms with van der Waals surface area (Å²) in [6.45, 7) is -0.170. The van der Waals surface area contributed by atoms with Gasteiger partial charge in [-0.15, -0.1) is 0 Å². The molecule has 0 amide bonds. The fourth-order valence-corrected chi connectivity index (χ4v) is 1.60. The van der Waals surface area contributed by atoms with Gasteiger partial charge in [0.25, 0.3) is 0 Å². The third kappa shape index (κ3) is 2.96. The average molecular weight is 253 g/mol. The summed E-state index contributed by atoms with van der Waals surface area (Å²) >= 11 is 5.80. The number of halogens is 2. The molecule has 4 heteroatoms. The van der Waals surface area contributed by atoms with Gasteiger partial charge in [0, 0.05) is 10.6 Å². The summed E-state index contributed by atoms with van der Waals surface area (Å²) in [5, 5.41) is 9.69. The molecule has 0 fully saturated rings. The molecule has 1 N–H and O–H groups in total. The molecular weight excluding hydrogens is 243 g/mol. The van der Waals surface area contributed by atoms with Crippen molar-refractivity contribution in [3.8, 4) is 11.5 Å². The van der Waals surface area contributed by atoms with Gasteiger partial charge in [-0.25, -0.2) is 4.39 Å². The van der Waals surface area contributed by atoms with Crippen LogP contribution >= 0.6 is 11.6 Å². The van der Waals surface area contributed by atoms with Gasteiger partial charge in [-0.2, -0.15) is 0 Å². The molecule has 0 aliphatic heterocycles. The second-order valence-electron chi connectivity index (χ2n) is 3.47. The van der Waals surface area contributed by atoms with Crippen LogP contribution in [0.2, 0.25) is 5.02 Å². The highest BCUT2D eigenvalue weighted by molar-refractivity contribution is 6.30. The number of benzene rings is 2. The van der Waals surface area contributed by atoms with E-state index in [4.69, 9.17) is 21.4 Å². The largest absolute Gasteiger partial charge is 0.457 e. The van der Waals surface area contributed by atoms with Gasteiger partial charge in [0.1, 0.15) is 17.3 Å². The van der Waals surface area contributed by atoms with Crippen molar-refractivity contribution in [3.05, 3.63) is 58.9 Å². The van der Waals surface area contributed by atoms with Gasteiger partial charge in [-0.1, -0.05) is 11.6 Å². The van der Waals surface area contributed by atoms with Gasteiger partial charge >= 0.3 is 0 Å². The van der Waals surface area contributed by atoms with Crippen molar-refractivity contribution < 1.29 is 14.2 Å². The summed E-state index contributed by atoms with van der Waals surface area (Å²) in [5.74, 6) is 0.683. The van der Waals surface area contributed by atoms with Crippen LogP contribution in [0.25, 0.3) is 0 Å². The SMILES string of the molecule is OCc1cc(Cl)ccc1Oc1ccc(F)cc1. The summed E-state index contributed by atoms with van der Waals surface area (Å²) in [6.07, 6.45) is 0. The summed E-state index contributed by atoms with van der Waals surface area (Å²) in [5.41, 5.74) is 0.585. The number of aliphatic hydroxyl groups excluding tert-OH is 1. The van der Waals surface area contributed by atoms with Crippen molar-refractivity contribution in [2.45, 2.75) is 6.61 Å². The molecule has 0 aliphatic rings. The predicted molar refractivity (Wildman–Crippen MR) is 63.8 cm³/mol. The minimum absolute atomic E-state index is 0.170. The van der Waals surface area contributed by atoms with E-state index in [2.05, 4.69) is 0 Å². The van der Waals surface area contributed by atoms with E-state index in [1.165, 1.54) is 24.3 Å². The van der Waals surface area contributed by atoms with Gasteiger partial charge in [0.2, 0.25) is 0 Å². The van der Waals surface area contributed by atoms with E-state index in [0.29, 0.717) is 22.1 Å². The monoisotopic (exact) mass is 252 g/mol. The Morgan fingerprint density at radius 1 is 1.12 bits per heavy atom. The van der Waals surface area contributed by atoms with Crippen LogP contribution in [0.4, 0.5) is 4.39 Å². The van der Waals surface area contributed by atoms with E-state index >= 15 is 0 Å². The smallest absolute Gasteiger partial charge is 0.133 e. The Hall–Kier alpha value is -1.58. The van der Waals surface area contributed by atoms with Crippen LogP contribution in [0.3, 0.4) is 0 Å². The lowest BCUT2D eigenvalue weighted by molar-refractivity contribution is 0.276. The second kappa shape index (κ2) is 5.17. The summed E-state index contributed by atoms with van der Waals surface area (Å²) in [6, 6.07) is 10.6. The second-order valence-corrected chi connectivity index (χ2v) is 3.90. The molecule has 0 radical (unpaired) electrons. The summed E-state index contributed by atoms with van der Waals surface area (Å²) in [7, 11) is 0. The van der Waals surface area contributed by atoms with E-state index in [-0.39, 0.29) is 12.4 Å². The zero-order valence-electron chi connectivity index (χ0n) is 8.86. The lowest BCUT2D eigenvalue weighted by Gasteiger charge is -2.09. The Morgan fingerprint density at radius 2 is 1.82 bits per heavy atom. The molecule has 0 saturated heterocycles. The molecule has 0 heterocycles. The summed E-state index contributed by atoms with van der Waals surface area (Å²) in [4.78, 5) is 0. The highest BCUT2D eigenvalue weighted by atomic mass is 35.5. The lowest BCUT2D eigenvalue weighted by Crippen LogP contribution is -1.91. The molecule has 2 nitrogen and oxygen atoms in total. The third-order valence-electron chi connectivity index (χ3n) is 2.23. The van der Waals surface area contributed by atoms with Crippen LogP contribution < -0.4 is 4.74 Å². The number of aliphatic hydroxyl groups is 1. The van der Waals surface area contributed by atoms with E-state index in [9.17, 15) is 4.39 Å². The molecule has 88 valence electrons. The first-order valence-electron chi connectivity index (χ1n) is 5.02. The molecule has 0 unspecified atom stereocenters. The number of rotatable bonds is 3. The highest BCUT2D eigenvalue weighted by Crippen LogP contribution is 2.27. The van der Waals surface area contributed by atoms with E-state index in [1.54, 1.807) is 18.2 Å². The molecule has 17 heavy (non-hydrogen) atoms. The Bertz CT molecular complexity index is 511. The van der Waals surface area contributed by atoms with Crippen molar-refractivity contribution in [2.24, 2.45) is 0 Å². The zero-order valence-corrected chi connectivity index (χ0v) is 9.62. The maximum atomic E-state index is 12.7. The Kier molecular flexibility index (Phi) is 3.61. The van der Waals surface area contributed by atoms with Crippen LogP contribution in [-0.4, -0.2) is 5.11 Å². The molecular formula is C13H10ClFO2. The zero-order chi connectivity index (χ0) is 12.3. The molecule has 2 rings (SSSR count). The van der Waals surface area contributed by atoms with Gasteiger partial charge in [-0.05, 0) is 42.5 Å². The van der Waals surface area contributed by atoms with E-state index in [0.717, 1.165) is 0 Å². The fourth-order valence-electron chi connectivity index (χ4n) is 1.40. The molecule has 0 aliphatic carbocycles. The number of hydrogen-bond donors (Lipinski definition) is 1. The van der Waals surface area contributed by atoms with Gasteiger partial charge in [-0.3, -0.25) is 0 Å². The minimum Gasteiger partial charge on any atom is -0.457 e. The number of ether oxygens (including phenoxy) is 1. The third-order valence-corrected chi connectivity index (χ3v) is 2.47. The lowest BCUT2D eigenvalue weighted by atomic mass is 10.2. The average Bonchev–Trinajstić information content (AvgIpc) is 2.34.